The molecule has 5 nitrogen and oxygen atoms in total. The van der Waals surface area contributed by atoms with Crippen molar-refractivity contribution in [1.82, 2.24) is 15.0 Å². The number of aromatic hydroxyl groups is 1. The molecule has 0 fully saturated rings. The molecule has 0 aliphatic carbocycles. The molecular weight excluding hydrogens is 590 g/mol. The number of fused-ring (bicyclic) bond motifs is 4. The highest BCUT2D eigenvalue weighted by molar-refractivity contribution is 6.13. The number of aromatic nitrogens is 3. The van der Waals surface area contributed by atoms with E-state index in [1.807, 2.05) is 127 Å². The van der Waals surface area contributed by atoms with Crippen LogP contribution in [0.4, 0.5) is 0 Å². The van der Waals surface area contributed by atoms with E-state index < -0.39 is 0 Å². The number of phenols is 1. The van der Waals surface area contributed by atoms with Crippen molar-refractivity contribution < 1.29 is 9.52 Å². The Morgan fingerprint density at radius 2 is 1.04 bits per heavy atom. The fraction of sp³-hybridized carbons (Fsp3) is 0. The van der Waals surface area contributed by atoms with E-state index in [0.29, 0.717) is 34.2 Å². The molecule has 226 valence electrons. The lowest BCUT2D eigenvalue weighted by molar-refractivity contribution is 0.479. The Morgan fingerprint density at radius 1 is 0.417 bits per heavy atom. The first-order chi connectivity index (χ1) is 23.7. The van der Waals surface area contributed by atoms with Gasteiger partial charge in [-0.25, -0.2) is 15.0 Å². The summed E-state index contributed by atoms with van der Waals surface area (Å²) in [5.74, 6) is 1.73. The summed E-state index contributed by atoms with van der Waals surface area (Å²) in [4.78, 5) is 15.1. The first-order valence-corrected chi connectivity index (χ1v) is 15.8. The molecular formula is C43H27N3O2. The summed E-state index contributed by atoms with van der Waals surface area (Å²) in [7, 11) is 0. The zero-order valence-corrected chi connectivity index (χ0v) is 25.7. The summed E-state index contributed by atoms with van der Waals surface area (Å²) in [5.41, 5.74) is 7.12. The van der Waals surface area contributed by atoms with Crippen LogP contribution in [0.15, 0.2) is 162 Å². The minimum atomic E-state index is 0.144. The van der Waals surface area contributed by atoms with Gasteiger partial charge in [0.25, 0.3) is 0 Å². The third kappa shape index (κ3) is 4.68. The zero-order valence-electron chi connectivity index (χ0n) is 25.7. The highest BCUT2D eigenvalue weighted by Crippen LogP contribution is 2.47. The van der Waals surface area contributed by atoms with E-state index in [0.717, 1.165) is 55.0 Å². The second-order valence-corrected chi connectivity index (χ2v) is 11.8. The highest BCUT2D eigenvalue weighted by atomic mass is 16.3. The molecule has 0 amide bonds. The van der Waals surface area contributed by atoms with Gasteiger partial charge in [0.1, 0.15) is 16.9 Å². The second-order valence-electron chi connectivity index (χ2n) is 11.8. The molecule has 9 rings (SSSR count). The fourth-order valence-electron chi connectivity index (χ4n) is 6.56. The van der Waals surface area contributed by atoms with Crippen molar-refractivity contribution in [2.75, 3.05) is 0 Å². The molecule has 2 heterocycles. The maximum absolute atomic E-state index is 12.3. The summed E-state index contributed by atoms with van der Waals surface area (Å²) in [5, 5.41) is 16.5. The van der Waals surface area contributed by atoms with Crippen molar-refractivity contribution in [3.63, 3.8) is 0 Å². The van der Waals surface area contributed by atoms with E-state index in [-0.39, 0.29) is 5.75 Å². The molecule has 0 atom stereocenters. The van der Waals surface area contributed by atoms with Crippen LogP contribution in [-0.4, -0.2) is 20.1 Å². The molecule has 0 unspecified atom stereocenters. The van der Waals surface area contributed by atoms with Crippen molar-refractivity contribution in [3.8, 4) is 62.2 Å². The Hall–Kier alpha value is -6.59. The molecule has 7 aromatic carbocycles. The summed E-state index contributed by atoms with van der Waals surface area (Å²) < 4.78 is 6.19. The van der Waals surface area contributed by atoms with Crippen LogP contribution in [0.2, 0.25) is 0 Å². The van der Waals surface area contributed by atoms with Crippen LogP contribution in [-0.2, 0) is 0 Å². The smallest absolute Gasteiger partial charge is 0.164 e. The lowest BCUT2D eigenvalue weighted by Crippen LogP contribution is -2.01. The third-order valence-corrected chi connectivity index (χ3v) is 8.85. The predicted molar refractivity (Wildman–Crippen MR) is 193 cm³/mol. The van der Waals surface area contributed by atoms with Crippen LogP contribution in [0.5, 0.6) is 5.75 Å². The van der Waals surface area contributed by atoms with Gasteiger partial charge in [-0.2, -0.15) is 0 Å². The fourth-order valence-corrected chi connectivity index (χ4v) is 6.56. The van der Waals surface area contributed by atoms with E-state index in [1.54, 1.807) is 0 Å². The van der Waals surface area contributed by atoms with Gasteiger partial charge in [-0.15, -0.1) is 0 Å². The molecule has 0 spiro atoms. The number of benzene rings is 7. The summed E-state index contributed by atoms with van der Waals surface area (Å²) in [6, 6.07) is 52.2. The molecule has 0 saturated carbocycles. The molecule has 0 radical (unpaired) electrons. The number of furan rings is 1. The van der Waals surface area contributed by atoms with Gasteiger partial charge < -0.3 is 9.52 Å². The minimum absolute atomic E-state index is 0.144. The van der Waals surface area contributed by atoms with E-state index >= 15 is 0 Å². The molecule has 0 aliphatic rings. The normalized spacial score (nSPS) is 11.4. The topological polar surface area (TPSA) is 72.0 Å². The van der Waals surface area contributed by atoms with Crippen molar-refractivity contribution in [2.24, 2.45) is 0 Å². The van der Waals surface area contributed by atoms with Gasteiger partial charge in [0.05, 0.1) is 0 Å². The van der Waals surface area contributed by atoms with Crippen LogP contribution < -0.4 is 0 Å². The Balaban J connectivity index is 1.30. The molecule has 0 aliphatic heterocycles. The number of para-hydroxylation sites is 1. The van der Waals surface area contributed by atoms with Crippen LogP contribution in [0.3, 0.4) is 0 Å². The standard InChI is InChI=1S/C43H27N3O2/c47-40-33(32-19-11-21-37-39(32)34-18-9-10-20-36(34)48-37)24-25-35(38(40)28-13-3-1-4-14-28)43-45-41(29-15-5-2-6-16-29)44-42(46-43)31-23-22-27-12-7-8-17-30(27)26-31/h1-26,47H. The van der Waals surface area contributed by atoms with Gasteiger partial charge in [-0.1, -0.05) is 127 Å². The van der Waals surface area contributed by atoms with Crippen molar-refractivity contribution in [1.29, 1.82) is 0 Å². The predicted octanol–water partition coefficient (Wildman–Crippen LogP) is 11.0. The largest absolute Gasteiger partial charge is 0.507 e. The highest BCUT2D eigenvalue weighted by Gasteiger charge is 2.23. The minimum Gasteiger partial charge on any atom is -0.507 e. The SMILES string of the molecule is Oc1c(-c2cccc3oc4ccccc4c23)ccc(-c2nc(-c3ccccc3)nc(-c3ccc4ccccc4c3)n2)c1-c1ccccc1. The van der Waals surface area contributed by atoms with Crippen molar-refractivity contribution in [2.45, 2.75) is 0 Å². The lowest BCUT2D eigenvalue weighted by atomic mass is 9.91. The van der Waals surface area contributed by atoms with Gasteiger partial charge in [0, 0.05) is 38.6 Å². The van der Waals surface area contributed by atoms with Crippen LogP contribution in [0.1, 0.15) is 0 Å². The summed E-state index contributed by atoms with van der Waals surface area (Å²) >= 11 is 0. The molecule has 1 N–H and O–H groups in total. The number of nitrogens with zero attached hydrogens (tertiary/aromatic N) is 3. The first-order valence-electron chi connectivity index (χ1n) is 15.8. The zero-order chi connectivity index (χ0) is 32.0. The van der Waals surface area contributed by atoms with Crippen LogP contribution in [0, 0.1) is 0 Å². The Bertz CT molecular complexity index is 2630. The van der Waals surface area contributed by atoms with Gasteiger partial charge in [0.15, 0.2) is 17.5 Å². The van der Waals surface area contributed by atoms with E-state index in [4.69, 9.17) is 19.4 Å². The number of rotatable bonds is 5. The quantitative estimate of drug-likeness (QED) is 0.208. The average Bonchev–Trinajstić information content (AvgIpc) is 3.54. The third-order valence-electron chi connectivity index (χ3n) is 8.85. The maximum Gasteiger partial charge on any atom is 0.164 e. The average molecular weight is 618 g/mol. The molecule has 2 aromatic heterocycles. The number of phenolic OH excluding ortho intramolecular Hbond substituents is 1. The summed E-state index contributed by atoms with van der Waals surface area (Å²) in [6.07, 6.45) is 0. The monoisotopic (exact) mass is 617 g/mol. The van der Waals surface area contributed by atoms with Crippen molar-refractivity contribution in [3.05, 3.63) is 158 Å². The Morgan fingerprint density at radius 3 is 1.85 bits per heavy atom. The molecule has 5 heteroatoms. The van der Waals surface area contributed by atoms with Crippen LogP contribution >= 0.6 is 0 Å². The Kier molecular flexibility index (Phi) is 6.54. The van der Waals surface area contributed by atoms with Gasteiger partial charge >= 0.3 is 0 Å². The number of hydrogen-bond donors (Lipinski definition) is 1. The summed E-state index contributed by atoms with van der Waals surface area (Å²) in [6.45, 7) is 0. The van der Waals surface area contributed by atoms with Gasteiger partial charge in [0.2, 0.25) is 0 Å². The van der Waals surface area contributed by atoms with Crippen LogP contribution in [0.25, 0.3) is 89.1 Å². The second kappa shape index (κ2) is 11.3. The van der Waals surface area contributed by atoms with E-state index in [1.165, 1.54) is 0 Å². The number of hydrogen-bond acceptors (Lipinski definition) is 5. The maximum atomic E-state index is 12.3. The van der Waals surface area contributed by atoms with Gasteiger partial charge in [-0.05, 0) is 52.2 Å². The van der Waals surface area contributed by atoms with Crippen molar-refractivity contribution >= 4 is 32.7 Å². The molecule has 48 heavy (non-hydrogen) atoms. The molecule has 0 bridgehead atoms. The molecule has 0 saturated heterocycles. The first kappa shape index (κ1) is 27.7. The van der Waals surface area contributed by atoms with E-state index in [9.17, 15) is 5.11 Å². The lowest BCUT2D eigenvalue weighted by Gasteiger charge is -2.17. The molecule has 9 aromatic rings. The van der Waals surface area contributed by atoms with Gasteiger partial charge in [-0.3, -0.25) is 0 Å². The van der Waals surface area contributed by atoms with E-state index in [2.05, 4.69) is 30.3 Å². The Labute approximate surface area is 276 Å².